The lowest BCUT2D eigenvalue weighted by atomic mass is 9.97. The normalized spacial score (nSPS) is 19.6. The van der Waals surface area contributed by atoms with Crippen LogP contribution < -0.4 is 4.74 Å². The van der Waals surface area contributed by atoms with Gasteiger partial charge in [0.2, 0.25) is 17.6 Å². The number of hydrogen-bond acceptors (Lipinski definition) is 5. The van der Waals surface area contributed by atoms with E-state index in [1.165, 1.54) is 5.56 Å². The average Bonchev–Trinajstić information content (AvgIpc) is 3.31. The van der Waals surface area contributed by atoms with Crippen molar-refractivity contribution in [3.63, 3.8) is 0 Å². The van der Waals surface area contributed by atoms with Crippen LogP contribution in [-0.2, 0) is 11.2 Å². The van der Waals surface area contributed by atoms with E-state index in [9.17, 15) is 4.79 Å². The lowest BCUT2D eigenvalue weighted by Crippen LogP contribution is -2.39. The van der Waals surface area contributed by atoms with Crippen LogP contribution in [0, 0.1) is 0 Å². The summed E-state index contributed by atoms with van der Waals surface area (Å²) in [5, 5.41) is 4.16. The number of carbonyl (C=O) groups is 1. The van der Waals surface area contributed by atoms with Crippen LogP contribution in [0.1, 0.15) is 50.0 Å². The van der Waals surface area contributed by atoms with Crippen molar-refractivity contribution in [3.8, 4) is 17.1 Å². The minimum Gasteiger partial charge on any atom is -0.493 e. The molecule has 6 nitrogen and oxygen atoms in total. The lowest BCUT2D eigenvalue weighted by Gasteiger charge is -2.31. The molecule has 0 spiro atoms. The Morgan fingerprint density at radius 3 is 3.20 bits per heavy atom. The molecule has 2 aliphatic heterocycles. The van der Waals surface area contributed by atoms with Gasteiger partial charge in [-0.2, -0.15) is 4.98 Å². The van der Waals surface area contributed by atoms with E-state index in [1.807, 2.05) is 24.0 Å². The van der Waals surface area contributed by atoms with Gasteiger partial charge in [0.05, 0.1) is 12.5 Å². The number of nitrogens with zero attached hydrogens (tertiary/aromatic N) is 3. The molecule has 1 aromatic heterocycles. The van der Waals surface area contributed by atoms with Gasteiger partial charge in [0.1, 0.15) is 5.75 Å². The first-order valence-corrected chi connectivity index (χ1v) is 9.12. The van der Waals surface area contributed by atoms with Gasteiger partial charge in [-0.25, -0.2) is 0 Å². The van der Waals surface area contributed by atoms with Crippen LogP contribution in [0.4, 0.5) is 0 Å². The van der Waals surface area contributed by atoms with Crippen molar-refractivity contribution in [2.24, 2.45) is 0 Å². The third-order valence-corrected chi connectivity index (χ3v) is 4.98. The number of ether oxygens (including phenoxy) is 1. The molecular formula is C19H23N3O3. The largest absolute Gasteiger partial charge is 0.493 e. The molecule has 4 rings (SSSR count). The molecule has 2 aromatic rings. The first-order chi connectivity index (χ1) is 12.2. The summed E-state index contributed by atoms with van der Waals surface area (Å²) in [6.07, 6.45) is 4.38. The van der Waals surface area contributed by atoms with Gasteiger partial charge in [0.25, 0.3) is 0 Å². The molecular weight excluding hydrogens is 318 g/mol. The van der Waals surface area contributed by atoms with Gasteiger partial charge in [0, 0.05) is 31.5 Å². The minimum absolute atomic E-state index is 0.133. The van der Waals surface area contributed by atoms with Crippen LogP contribution in [0.5, 0.6) is 5.75 Å². The maximum Gasteiger partial charge on any atom is 0.231 e. The number of aromatic nitrogens is 2. The molecule has 132 valence electrons. The second kappa shape index (κ2) is 6.86. The fourth-order valence-corrected chi connectivity index (χ4v) is 3.62. The molecule has 1 unspecified atom stereocenters. The Morgan fingerprint density at radius 1 is 1.40 bits per heavy atom. The van der Waals surface area contributed by atoms with Gasteiger partial charge < -0.3 is 14.2 Å². The molecule has 1 fully saturated rings. The molecule has 6 heteroatoms. The zero-order valence-corrected chi connectivity index (χ0v) is 14.5. The molecule has 0 aliphatic carbocycles. The van der Waals surface area contributed by atoms with E-state index in [0.29, 0.717) is 24.7 Å². The number of hydrogen-bond donors (Lipinski definition) is 0. The van der Waals surface area contributed by atoms with E-state index >= 15 is 0 Å². The van der Waals surface area contributed by atoms with Crippen molar-refractivity contribution in [2.45, 2.75) is 44.9 Å². The Balaban J connectivity index is 1.50. The second-order valence-electron chi connectivity index (χ2n) is 6.81. The summed E-state index contributed by atoms with van der Waals surface area (Å²) in [7, 11) is 0. The highest BCUT2D eigenvalue weighted by atomic mass is 16.5. The SMILES string of the molecule is CCCC(=O)N1CCCC(c2nc(-c3ccc4c(c3)CCO4)no2)C1. The zero-order valence-electron chi connectivity index (χ0n) is 14.5. The van der Waals surface area contributed by atoms with Gasteiger partial charge in [-0.05, 0) is 43.0 Å². The van der Waals surface area contributed by atoms with Crippen LogP contribution in [0.25, 0.3) is 11.4 Å². The molecule has 3 heterocycles. The molecule has 1 amide bonds. The Hall–Kier alpha value is -2.37. The number of fused-ring (bicyclic) bond motifs is 1. The minimum atomic E-state index is 0.133. The first-order valence-electron chi connectivity index (χ1n) is 9.12. The Labute approximate surface area is 147 Å². The quantitative estimate of drug-likeness (QED) is 0.854. The van der Waals surface area contributed by atoms with Crippen molar-refractivity contribution < 1.29 is 14.1 Å². The lowest BCUT2D eigenvalue weighted by molar-refractivity contribution is -0.132. The molecule has 1 saturated heterocycles. The molecule has 0 N–H and O–H groups in total. The number of likely N-dealkylation sites (tertiary alicyclic amines) is 1. The van der Waals surface area contributed by atoms with E-state index < -0.39 is 0 Å². The topological polar surface area (TPSA) is 68.5 Å². The van der Waals surface area contributed by atoms with E-state index in [-0.39, 0.29) is 11.8 Å². The zero-order chi connectivity index (χ0) is 17.2. The summed E-state index contributed by atoms with van der Waals surface area (Å²) in [6.45, 7) is 4.28. The van der Waals surface area contributed by atoms with Gasteiger partial charge in [-0.15, -0.1) is 0 Å². The monoisotopic (exact) mass is 341 g/mol. The Morgan fingerprint density at radius 2 is 2.32 bits per heavy atom. The van der Waals surface area contributed by atoms with Gasteiger partial charge >= 0.3 is 0 Å². The van der Waals surface area contributed by atoms with Crippen molar-refractivity contribution in [3.05, 3.63) is 29.7 Å². The summed E-state index contributed by atoms with van der Waals surface area (Å²) in [5.41, 5.74) is 2.15. The maximum atomic E-state index is 12.2. The van der Waals surface area contributed by atoms with Crippen LogP contribution in [0.3, 0.4) is 0 Å². The fourth-order valence-electron chi connectivity index (χ4n) is 3.62. The molecule has 0 radical (unpaired) electrons. The van der Waals surface area contributed by atoms with E-state index in [4.69, 9.17) is 9.26 Å². The summed E-state index contributed by atoms with van der Waals surface area (Å²) in [6, 6.07) is 6.02. The highest BCUT2D eigenvalue weighted by Gasteiger charge is 2.28. The molecule has 0 saturated carbocycles. The molecule has 1 aromatic carbocycles. The summed E-state index contributed by atoms with van der Waals surface area (Å²) >= 11 is 0. The third-order valence-electron chi connectivity index (χ3n) is 4.98. The summed E-state index contributed by atoms with van der Waals surface area (Å²) in [5.74, 6) is 2.56. The number of carbonyl (C=O) groups excluding carboxylic acids is 1. The Bertz CT molecular complexity index is 771. The average molecular weight is 341 g/mol. The molecule has 25 heavy (non-hydrogen) atoms. The van der Waals surface area contributed by atoms with Crippen molar-refractivity contribution >= 4 is 5.91 Å². The number of rotatable bonds is 4. The van der Waals surface area contributed by atoms with Gasteiger partial charge in [-0.1, -0.05) is 12.1 Å². The van der Waals surface area contributed by atoms with Crippen molar-refractivity contribution in [1.29, 1.82) is 0 Å². The van der Waals surface area contributed by atoms with E-state index in [1.54, 1.807) is 0 Å². The summed E-state index contributed by atoms with van der Waals surface area (Å²) in [4.78, 5) is 18.7. The van der Waals surface area contributed by atoms with Crippen LogP contribution in [-0.4, -0.2) is 40.6 Å². The fraction of sp³-hybridized carbons (Fsp3) is 0.526. The third kappa shape index (κ3) is 3.25. The highest BCUT2D eigenvalue weighted by molar-refractivity contribution is 5.76. The predicted molar refractivity (Wildman–Crippen MR) is 92.4 cm³/mol. The smallest absolute Gasteiger partial charge is 0.231 e. The molecule has 2 aliphatic rings. The van der Waals surface area contributed by atoms with E-state index in [0.717, 1.165) is 50.1 Å². The summed E-state index contributed by atoms with van der Waals surface area (Å²) < 4.78 is 11.1. The standard InChI is InChI=1S/C19H23N3O3/c1-2-4-17(23)22-9-3-5-15(12-22)19-20-18(21-25-19)14-6-7-16-13(11-14)8-10-24-16/h6-7,11,15H,2-5,8-10,12H2,1H3. The number of amides is 1. The second-order valence-corrected chi connectivity index (χ2v) is 6.81. The maximum absolute atomic E-state index is 12.2. The van der Waals surface area contributed by atoms with Crippen LogP contribution in [0.15, 0.2) is 22.7 Å². The van der Waals surface area contributed by atoms with Crippen LogP contribution in [0.2, 0.25) is 0 Å². The number of piperidine rings is 1. The molecule has 0 bridgehead atoms. The van der Waals surface area contributed by atoms with Crippen molar-refractivity contribution in [2.75, 3.05) is 19.7 Å². The Kier molecular flexibility index (Phi) is 4.42. The number of benzene rings is 1. The van der Waals surface area contributed by atoms with E-state index in [2.05, 4.69) is 16.2 Å². The van der Waals surface area contributed by atoms with Gasteiger partial charge in [0.15, 0.2) is 0 Å². The predicted octanol–water partition coefficient (Wildman–Crippen LogP) is 3.18. The first kappa shape index (κ1) is 16.1. The van der Waals surface area contributed by atoms with Crippen molar-refractivity contribution in [1.82, 2.24) is 15.0 Å². The van der Waals surface area contributed by atoms with Crippen LogP contribution >= 0.6 is 0 Å². The van der Waals surface area contributed by atoms with Gasteiger partial charge in [-0.3, -0.25) is 4.79 Å². The highest BCUT2D eigenvalue weighted by Crippen LogP contribution is 2.31. The molecule has 1 atom stereocenters.